The Morgan fingerprint density at radius 1 is 1.16 bits per heavy atom. The number of aromatic nitrogens is 2. The number of anilines is 1. The zero-order chi connectivity index (χ0) is 17.6. The molecule has 1 aromatic heterocycles. The fraction of sp³-hybridized carbons (Fsp3) is 0.211. The van der Waals surface area contributed by atoms with Gasteiger partial charge in [-0.25, -0.2) is 4.79 Å². The Balaban J connectivity index is 1.91. The Kier molecular flexibility index (Phi) is 3.81. The van der Waals surface area contributed by atoms with Crippen molar-refractivity contribution >= 4 is 34.1 Å². The number of Topliss-reactive ketones (excluding diaryl/α,β-unsaturated/α-hetero) is 1. The van der Waals surface area contributed by atoms with Crippen molar-refractivity contribution in [2.24, 2.45) is 5.92 Å². The monoisotopic (exact) mass is 353 g/mol. The van der Waals surface area contributed by atoms with Crippen molar-refractivity contribution in [3.8, 4) is 5.69 Å². The van der Waals surface area contributed by atoms with Gasteiger partial charge in [-0.3, -0.25) is 9.36 Å². The van der Waals surface area contributed by atoms with Gasteiger partial charge in [-0.1, -0.05) is 29.8 Å². The largest absolute Gasteiger partial charge is 0.354 e. The molecule has 0 atom stereocenters. The van der Waals surface area contributed by atoms with E-state index in [0.717, 1.165) is 11.1 Å². The summed E-state index contributed by atoms with van der Waals surface area (Å²) in [6.45, 7) is 2.78. The Hall–Kier alpha value is -2.66. The highest BCUT2D eigenvalue weighted by molar-refractivity contribution is 6.31. The van der Waals surface area contributed by atoms with Gasteiger partial charge in [-0.2, -0.15) is 4.98 Å². The van der Waals surface area contributed by atoms with E-state index in [1.54, 1.807) is 23.6 Å². The highest BCUT2D eigenvalue weighted by atomic mass is 35.5. The van der Waals surface area contributed by atoms with Crippen molar-refractivity contribution in [3.05, 3.63) is 64.0 Å². The maximum atomic E-state index is 12.7. The van der Waals surface area contributed by atoms with Crippen LogP contribution < -0.4 is 10.6 Å². The van der Waals surface area contributed by atoms with Gasteiger partial charge in [0.05, 0.1) is 17.1 Å². The van der Waals surface area contributed by atoms with E-state index >= 15 is 0 Å². The van der Waals surface area contributed by atoms with Gasteiger partial charge in [-0.15, -0.1) is 0 Å². The highest BCUT2D eigenvalue weighted by Gasteiger charge is 2.32. The Morgan fingerprint density at radius 3 is 2.56 bits per heavy atom. The van der Waals surface area contributed by atoms with E-state index in [1.165, 1.54) is 0 Å². The number of para-hydroxylation sites is 1. The molecule has 0 amide bonds. The minimum Gasteiger partial charge on any atom is -0.354 e. The van der Waals surface area contributed by atoms with Gasteiger partial charge >= 0.3 is 5.69 Å². The number of hydrogen-bond acceptors (Lipinski definition) is 4. The number of nitrogens with zero attached hydrogens (tertiary/aromatic N) is 3. The Bertz CT molecular complexity index is 1020. The summed E-state index contributed by atoms with van der Waals surface area (Å²) in [5.41, 5.74) is 1.09. The summed E-state index contributed by atoms with van der Waals surface area (Å²) >= 11 is 6.18. The molecule has 0 aliphatic carbocycles. The molecule has 1 aliphatic heterocycles. The number of fused-ring (bicyclic) bond motifs is 1. The van der Waals surface area contributed by atoms with Crippen LogP contribution in [0, 0.1) is 5.92 Å². The lowest BCUT2D eigenvalue weighted by molar-refractivity contribution is -0.121. The first-order chi connectivity index (χ1) is 12.0. The first-order valence-corrected chi connectivity index (χ1v) is 8.45. The van der Waals surface area contributed by atoms with Crippen LogP contribution in [-0.4, -0.2) is 28.4 Å². The first kappa shape index (κ1) is 15.8. The minimum absolute atomic E-state index is 0.0145. The highest BCUT2D eigenvalue weighted by Crippen LogP contribution is 2.31. The molecule has 126 valence electrons. The van der Waals surface area contributed by atoms with Gasteiger partial charge < -0.3 is 4.90 Å². The van der Waals surface area contributed by atoms with Crippen LogP contribution in [0.1, 0.15) is 6.92 Å². The van der Waals surface area contributed by atoms with Crippen molar-refractivity contribution in [3.63, 3.8) is 0 Å². The Labute approximate surface area is 149 Å². The SMILES string of the molecule is CC(=O)C1CN(c2nc(=O)n(-c3ccccc3)c3cc(Cl)ccc23)C1. The summed E-state index contributed by atoms with van der Waals surface area (Å²) in [5.74, 6) is 0.795. The number of halogens is 1. The third kappa shape index (κ3) is 2.70. The minimum atomic E-state index is -0.359. The molecule has 6 heteroatoms. The normalized spacial score (nSPS) is 14.6. The number of carbonyl (C=O) groups is 1. The van der Waals surface area contributed by atoms with Crippen LogP contribution in [-0.2, 0) is 4.79 Å². The molecule has 1 fully saturated rings. The summed E-state index contributed by atoms with van der Waals surface area (Å²) in [5, 5.41) is 1.40. The lowest BCUT2D eigenvalue weighted by atomic mass is 9.96. The molecule has 2 aromatic carbocycles. The van der Waals surface area contributed by atoms with Crippen LogP contribution in [0.4, 0.5) is 5.82 Å². The van der Waals surface area contributed by atoms with Gasteiger partial charge in [0, 0.05) is 23.5 Å². The second kappa shape index (κ2) is 6.01. The molecule has 0 saturated carbocycles. The molecule has 2 heterocycles. The lowest BCUT2D eigenvalue weighted by Crippen LogP contribution is -2.51. The van der Waals surface area contributed by atoms with E-state index in [9.17, 15) is 9.59 Å². The third-order valence-electron chi connectivity index (χ3n) is 4.60. The first-order valence-electron chi connectivity index (χ1n) is 8.08. The summed E-state index contributed by atoms with van der Waals surface area (Å²) in [6.07, 6.45) is 0. The van der Waals surface area contributed by atoms with Gasteiger partial charge in [0.2, 0.25) is 0 Å². The lowest BCUT2D eigenvalue weighted by Gasteiger charge is -2.39. The summed E-state index contributed by atoms with van der Waals surface area (Å²) in [7, 11) is 0. The smallest absolute Gasteiger partial charge is 0.354 e. The fourth-order valence-electron chi connectivity index (χ4n) is 3.16. The molecular weight excluding hydrogens is 338 g/mol. The molecule has 0 spiro atoms. The maximum Gasteiger partial charge on any atom is 0.354 e. The molecule has 4 rings (SSSR count). The second-order valence-corrected chi connectivity index (χ2v) is 6.70. The van der Waals surface area contributed by atoms with E-state index in [4.69, 9.17) is 11.6 Å². The second-order valence-electron chi connectivity index (χ2n) is 6.26. The number of ketones is 1. The van der Waals surface area contributed by atoms with Crippen molar-refractivity contribution in [1.29, 1.82) is 0 Å². The number of hydrogen-bond donors (Lipinski definition) is 0. The predicted molar refractivity (Wildman–Crippen MR) is 98.7 cm³/mol. The Morgan fingerprint density at radius 2 is 1.88 bits per heavy atom. The standard InChI is InChI=1S/C19H16ClN3O2/c1-12(24)13-10-22(11-13)18-16-8-7-14(20)9-17(16)23(19(25)21-18)15-5-3-2-4-6-15/h2-9,13H,10-11H2,1H3. The zero-order valence-corrected chi connectivity index (χ0v) is 14.4. The summed E-state index contributed by atoms with van der Waals surface area (Å²) in [4.78, 5) is 30.5. The number of carbonyl (C=O) groups excluding carboxylic acids is 1. The molecule has 0 unspecified atom stereocenters. The van der Waals surface area contributed by atoms with Crippen molar-refractivity contribution in [2.45, 2.75) is 6.92 Å². The van der Waals surface area contributed by atoms with Crippen LogP contribution in [0.5, 0.6) is 0 Å². The van der Waals surface area contributed by atoms with Crippen LogP contribution in [0.2, 0.25) is 5.02 Å². The number of benzene rings is 2. The number of rotatable bonds is 3. The van der Waals surface area contributed by atoms with Crippen molar-refractivity contribution < 1.29 is 4.79 Å². The topological polar surface area (TPSA) is 55.2 Å². The maximum absolute atomic E-state index is 12.7. The molecule has 5 nitrogen and oxygen atoms in total. The van der Waals surface area contributed by atoms with E-state index in [1.807, 2.05) is 41.3 Å². The van der Waals surface area contributed by atoms with E-state index < -0.39 is 0 Å². The van der Waals surface area contributed by atoms with E-state index in [2.05, 4.69) is 4.98 Å². The summed E-state index contributed by atoms with van der Waals surface area (Å²) in [6, 6.07) is 14.8. The average Bonchev–Trinajstić information content (AvgIpc) is 2.53. The molecule has 0 radical (unpaired) electrons. The quantitative estimate of drug-likeness (QED) is 0.726. The van der Waals surface area contributed by atoms with Gasteiger partial charge in [0.25, 0.3) is 0 Å². The predicted octanol–water partition coefficient (Wildman–Crippen LogP) is 3.06. The molecular formula is C19H16ClN3O2. The van der Waals surface area contributed by atoms with Gasteiger partial charge in [0.1, 0.15) is 11.6 Å². The fourth-order valence-corrected chi connectivity index (χ4v) is 3.33. The van der Waals surface area contributed by atoms with E-state index in [-0.39, 0.29) is 17.4 Å². The van der Waals surface area contributed by atoms with Crippen molar-refractivity contribution in [2.75, 3.05) is 18.0 Å². The van der Waals surface area contributed by atoms with Gasteiger partial charge in [0.15, 0.2) is 0 Å². The van der Waals surface area contributed by atoms with Crippen molar-refractivity contribution in [1.82, 2.24) is 9.55 Å². The zero-order valence-electron chi connectivity index (χ0n) is 13.6. The molecule has 3 aromatic rings. The molecule has 1 aliphatic rings. The third-order valence-corrected chi connectivity index (χ3v) is 4.84. The van der Waals surface area contributed by atoms with Crippen LogP contribution in [0.15, 0.2) is 53.3 Å². The van der Waals surface area contributed by atoms with Crippen LogP contribution >= 0.6 is 11.6 Å². The molecule has 0 bridgehead atoms. The molecule has 1 saturated heterocycles. The molecule has 25 heavy (non-hydrogen) atoms. The van der Waals surface area contributed by atoms with Gasteiger partial charge in [-0.05, 0) is 37.3 Å². The van der Waals surface area contributed by atoms with E-state index in [0.29, 0.717) is 29.4 Å². The average molecular weight is 354 g/mol. The van der Waals surface area contributed by atoms with Crippen LogP contribution in [0.3, 0.4) is 0 Å². The van der Waals surface area contributed by atoms with Crippen LogP contribution in [0.25, 0.3) is 16.6 Å². The summed E-state index contributed by atoms with van der Waals surface area (Å²) < 4.78 is 1.56. The molecule has 0 N–H and O–H groups in total.